The number of nitrogens with zero attached hydrogens (tertiary/aromatic N) is 1. The normalized spacial score (nSPS) is 17.1. The highest BCUT2D eigenvalue weighted by molar-refractivity contribution is 5.91. The number of amides is 2. The minimum atomic E-state index is -0.885. The van der Waals surface area contributed by atoms with Gasteiger partial charge >= 0.3 is 5.97 Å². The molecule has 2 amide bonds. The molecule has 1 saturated heterocycles. The minimum absolute atomic E-state index is 0.198. The van der Waals surface area contributed by atoms with Crippen molar-refractivity contribution in [3.63, 3.8) is 0 Å². The van der Waals surface area contributed by atoms with E-state index in [0.29, 0.717) is 32.7 Å². The standard InChI is InChI=1S/C26H41N3O6/c1-7-18(2)34-25(32)22(16-20-8-10-21(11-9-20)35-26(4,5)6)28-24(31)19(3)27-23(30)17-29-12-14-33-15-13-29/h8-11,18-19,22H,7,12-17H2,1-6H3,(H,27,30)(H,28,31)/t18?,19?,22-/m0/s1. The molecule has 0 spiro atoms. The van der Waals surface area contributed by atoms with Crippen molar-refractivity contribution in [1.82, 2.24) is 15.5 Å². The summed E-state index contributed by atoms with van der Waals surface area (Å²) >= 11 is 0. The summed E-state index contributed by atoms with van der Waals surface area (Å²) in [5, 5.41) is 5.48. The van der Waals surface area contributed by atoms with E-state index in [0.717, 1.165) is 11.3 Å². The van der Waals surface area contributed by atoms with Crippen LogP contribution in [0.2, 0.25) is 0 Å². The van der Waals surface area contributed by atoms with E-state index in [1.807, 2.05) is 63.8 Å². The molecule has 35 heavy (non-hydrogen) atoms. The van der Waals surface area contributed by atoms with Crippen LogP contribution in [0.4, 0.5) is 0 Å². The molecule has 0 bridgehead atoms. The minimum Gasteiger partial charge on any atom is -0.488 e. The molecule has 9 heteroatoms. The summed E-state index contributed by atoms with van der Waals surface area (Å²) in [4.78, 5) is 40.1. The quantitative estimate of drug-likeness (QED) is 0.457. The predicted octanol–water partition coefficient (Wildman–Crippen LogP) is 2.07. The third-order valence-electron chi connectivity index (χ3n) is 5.52. The van der Waals surface area contributed by atoms with Crippen molar-refractivity contribution < 1.29 is 28.6 Å². The van der Waals surface area contributed by atoms with Crippen molar-refractivity contribution >= 4 is 17.8 Å². The summed E-state index contributed by atoms with van der Waals surface area (Å²) in [6.45, 7) is 14.0. The average Bonchev–Trinajstić information content (AvgIpc) is 2.79. The van der Waals surface area contributed by atoms with Crippen LogP contribution in [0.1, 0.15) is 53.5 Å². The monoisotopic (exact) mass is 491 g/mol. The zero-order valence-electron chi connectivity index (χ0n) is 21.9. The van der Waals surface area contributed by atoms with Gasteiger partial charge in [-0.1, -0.05) is 19.1 Å². The Bertz CT molecular complexity index is 830. The number of carbonyl (C=O) groups is 3. The molecule has 0 radical (unpaired) electrons. The number of morpholine rings is 1. The van der Waals surface area contributed by atoms with Gasteiger partial charge in [-0.2, -0.15) is 0 Å². The van der Waals surface area contributed by atoms with Crippen molar-refractivity contribution in [3.05, 3.63) is 29.8 Å². The first kappa shape index (κ1) is 28.6. The molecular formula is C26H41N3O6. The average molecular weight is 492 g/mol. The number of hydrogen-bond acceptors (Lipinski definition) is 7. The van der Waals surface area contributed by atoms with Crippen molar-refractivity contribution in [1.29, 1.82) is 0 Å². The Morgan fingerprint density at radius 1 is 1.06 bits per heavy atom. The Kier molecular flexibility index (Phi) is 11.0. The fourth-order valence-corrected chi connectivity index (χ4v) is 3.45. The number of benzene rings is 1. The first-order chi connectivity index (χ1) is 16.5. The van der Waals surface area contributed by atoms with Crippen LogP contribution >= 0.6 is 0 Å². The fraction of sp³-hybridized carbons (Fsp3) is 0.654. The third-order valence-corrected chi connectivity index (χ3v) is 5.52. The Balaban J connectivity index is 2.01. The molecule has 1 heterocycles. The van der Waals surface area contributed by atoms with Gasteiger partial charge in [-0.3, -0.25) is 14.5 Å². The summed E-state index contributed by atoms with van der Waals surface area (Å²) in [6.07, 6.45) is 0.653. The lowest BCUT2D eigenvalue weighted by atomic mass is 10.0. The number of hydrogen-bond donors (Lipinski definition) is 2. The first-order valence-electron chi connectivity index (χ1n) is 12.3. The van der Waals surface area contributed by atoms with E-state index in [2.05, 4.69) is 10.6 Å². The molecule has 3 atom stereocenters. The van der Waals surface area contributed by atoms with Gasteiger partial charge in [0.1, 0.15) is 23.4 Å². The second-order valence-electron chi connectivity index (χ2n) is 9.96. The number of nitrogens with one attached hydrogen (secondary N) is 2. The van der Waals surface area contributed by atoms with Crippen LogP contribution in [-0.2, 0) is 30.3 Å². The van der Waals surface area contributed by atoms with E-state index in [1.54, 1.807) is 6.92 Å². The van der Waals surface area contributed by atoms with E-state index in [4.69, 9.17) is 14.2 Å². The molecule has 2 rings (SSSR count). The number of rotatable bonds is 11. The van der Waals surface area contributed by atoms with Gasteiger partial charge in [0.15, 0.2) is 0 Å². The van der Waals surface area contributed by atoms with Gasteiger partial charge in [-0.25, -0.2) is 4.79 Å². The Morgan fingerprint density at radius 3 is 2.26 bits per heavy atom. The molecule has 2 unspecified atom stereocenters. The molecular weight excluding hydrogens is 450 g/mol. The smallest absolute Gasteiger partial charge is 0.329 e. The maximum atomic E-state index is 12.9. The molecule has 1 fully saturated rings. The van der Waals surface area contributed by atoms with E-state index in [9.17, 15) is 14.4 Å². The van der Waals surface area contributed by atoms with Crippen LogP contribution in [0.3, 0.4) is 0 Å². The van der Waals surface area contributed by atoms with Crippen molar-refractivity contribution in [2.24, 2.45) is 0 Å². The predicted molar refractivity (Wildman–Crippen MR) is 133 cm³/mol. The van der Waals surface area contributed by atoms with Crippen LogP contribution in [-0.4, -0.2) is 79.3 Å². The van der Waals surface area contributed by atoms with Gasteiger partial charge in [0, 0.05) is 19.5 Å². The molecule has 0 aromatic heterocycles. The van der Waals surface area contributed by atoms with E-state index in [1.165, 1.54) is 0 Å². The summed E-state index contributed by atoms with van der Waals surface area (Å²) in [6, 6.07) is 5.73. The van der Waals surface area contributed by atoms with Gasteiger partial charge < -0.3 is 24.8 Å². The Labute approximate surface area is 208 Å². The zero-order chi connectivity index (χ0) is 26.0. The molecule has 1 aromatic carbocycles. The van der Waals surface area contributed by atoms with Gasteiger partial charge in [0.05, 0.1) is 25.9 Å². The third kappa shape index (κ3) is 10.7. The van der Waals surface area contributed by atoms with Crippen molar-refractivity contribution in [3.8, 4) is 5.75 Å². The van der Waals surface area contributed by atoms with Gasteiger partial charge in [0.2, 0.25) is 11.8 Å². The number of carbonyl (C=O) groups excluding carboxylic acids is 3. The topological polar surface area (TPSA) is 106 Å². The highest BCUT2D eigenvalue weighted by Crippen LogP contribution is 2.19. The maximum Gasteiger partial charge on any atom is 0.329 e. The largest absolute Gasteiger partial charge is 0.488 e. The lowest BCUT2D eigenvalue weighted by Crippen LogP contribution is -2.53. The van der Waals surface area contributed by atoms with E-state index < -0.39 is 24.0 Å². The molecule has 1 aliphatic rings. The molecule has 1 aromatic rings. The van der Waals surface area contributed by atoms with Crippen molar-refractivity contribution in [2.45, 2.75) is 78.2 Å². The maximum absolute atomic E-state index is 12.9. The highest BCUT2D eigenvalue weighted by atomic mass is 16.5. The first-order valence-corrected chi connectivity index (χ1v) is 12.3. The summed E-state index contributed by atoms with van der Waals surface area (Å²) in [7, 11) is 0. The summed E-state index contributed by atoms with van der Waals surface area (Å²) < 4.78 is 16.6. The van der Waals surface area contributed by atoms with E-state index >= 15 is 0 Å². The second-order valence-corrected chi connectivity index (χ2v) is 9.96. The molecule has 0 saturated carbocycles. The highest BCUT2D eigenvalue weighted by Gasteiger charge is 2.27. The lowest BCUT2D eigenvalue weighted by molar-refractivity contribution is -0.152. The number of esters is 1. The molecule has 2 N–H and O–H groups in total. The molecule has 0 aliphatic carbocycles. The number of ether oxygens (including phenoxy) is 3. The Hall–Kier alpha value is -2.65. The lowest BCUT2D eigenvalue weighted by Gasteiger charge is -2.27. The molecule has 1 aliphatic heterocycles. The Morgan fingerprint density at radius 2 is 1.69 bits per heavy atom. The van der Waals surface area contributed by atoms with Crippen LogP contribution in [0.25, 0.3) is 0 Å². The summed E-state index contributed by atoms with van der Waals surface area (Å²) in [5.41, 5.74) is 0.530. The molecule has 9 nitrogen and oxygen atoms in total. The van der Waals surface area contributed by atoms with Crippen LogP contribution in [0.5, 0.6) is 5.75 Å². The van der Waals surface area contributed by atoms with Crippen LogP contribution < -0.4 is 15.4 Å². The summed E-state index contributed by atoms with van der Waals surface area (Å²) in [5.74, 6) is -0.475. The SMILES string of the molecule is CCC(C)OC(=O)[C@H](Cc1ccc(OC(C)(C)C)cc1)NC(=O)C(C)NC(=O)CN1CCOCC1. The van der Waals surface area contributed by atoms with Gasteiger partial charge in [0.25, 0.3) is 0 Å². The zero-order valence-corrected chi connectivity index (χ0v) is 21.9. The van der Waals surface area contributed by atoms with Gasteiger partial charge in [-0.05, 0) is 58.7 Å². The van der Waals surface area contributed by atoms with Gasteiger partial charge in [-0.15, -0.1) is 0 Å². The van der Waals surface area contributed by atoms with Crippen LogP contribution in [0, 0.1) is 0 Å². The molecule has 196 valence electrons. The van der Waals surface area contributed by atoms with Crippen molar-refractivity contribution in [2.75, 3.05) is 32.8 Å². The van der Waals surface area contributed by atoms with Crippen LogP contribution in [0.15, 0.2) is 24.3 Å². The van der Waals surface area contributed by atoms with E-state index in [-0.39, 0.29) is 30.6 Å². The second kappa shape index (κ2) is 13.4. The fourth-order valence-electron chi connectivity index (χ4n) is 3.45.